The molecule has 0 atom stereocenters. The topological polar surface area (TPSA) is 72.8 Å². The highest BCUT2D eigenvalue weighted by atomic mass is 16.5. The van der Waals surface area contributed by atoms with Gasteiger partial charge in [-0.05, 0) is 36.2 Å². The van der Waals surface area contributed by atoms with Gasteiger partial charge in [-0.1, -0.05) is 12.1 Å². The lowest BCUT2D eigenvalue weighted by atomic mass is 10.1. The Balaban J connectivity index is 1.61. The third kappa shape index (κ3) is 3.09. The van der Waals surface area contributed by atoms with Crippen molar-refractivity contribution in [3.05, 3.63) is 82.3 Å². The van der Waals surface area contributed by atoms with E-state index in [4.69, 9.17) is 4.74 Å². The van der Waals surface area contributed by atoms with Gasteiger partial charge in [-0.2, -0.15) is 0 Å². The molecule has 130 valence electrons. The Bertz CT molecular complexity index is 1130. The smallest absolute Gasteiger partial charge is 0.259 e. The van der Waals surface area contributed by atoms with E-state index in [1.165, 1.54) is 12.7 Å². The molecule has 0 spiro atoms. The maximum absolute atomic E-state index is 12.3. The van der Waals surface area contributed by atoms with Crippen molar-refractivity contribution in [2.45, 2.75) is 13.3 Å². The summed E-state index contributed by atoms with van der Waals surface area (Å²) in [5.41, 5.74) is 3.76. The molecule has 0 bridgehead atoms. The van der Waals surface area contributed by atoms with Crippen LogP contribution in [0.2, 0.25) is 0 Å². The minimum atomic E-state index is -0.190. The number of benzene rings is 1. The lowest BCUT2D eigenvalue weighted by Gasteiger charge is -2.06. The zero-order valence-corrected chi connectivity index (χ0v) is 14.6. The quantitative estimate of drug-likeness (QED) is 0.616. The lowest BCUT2D eigenvalue weighted by Crippen LogP contribution is -2.12. The summed E-state index contributed by atoms with van der Waals surface area (Å²) in [5, 5.41) is 0.471. The van der Waals surface area contributed by atoms with E-state index in [0.29, 0.717) is 29.0 Å². The summed E-state index contributed by atoms with van der Waals surface area (Å²) in [7, 11) is 1.52. The summed E-state index contributed by atoms with van der Waals surface area (Å²) in [5.74, 6) is 1.01. The number of H-pyrrole nitrogens is 1. The number of rotatable bonds is 4. The average molecular weight is 346 g/mol. The molecule has 0 radical (unpaired) electrons. The van der Waals surface area contributed by atoms with Gasteiger partial charge in [0.15, 0.2) is 0 Å². The molecule has 0 aliphatic heterocycles. The normalized spacial score (nSPS) is 11.0. The molecule has 0 unspecified atom stereocenters. The highest BCUT2D eigenvalue weighted by Crippen LogP contribution is 2.15. The molecule has 26 heavy (non-hydrogen) atoms. The van der Waals surface area contributed by atoms with Crippen molar-refractivity contribution in [3.8, 4) is 11.6 Å². The van der Waals surface area contributed by atoms with Gasteiger partial charge in [-0.3, -0.25) is 4.79 Å². The van der Waals surface area contributed by atoms with Crippen LogP contribution in [-0.2, 0) is 6.42 Å². The molecule has 4 rings (SSSR count). The maximum Gasteiger partial charge on any atom is 0.259 e. The van der Waals surface area contributed by atoms with E-state index in [1.54, 1.807) is 12.3 Å². The van der Waals surface area contributed by atoms with Gasteiger partial charge >= 0.3 is 0 Å². The number of nitrogens with zero attached hydrogens (tertiary/aromatic N) is 3. The maximum atomic E-state index is 12.3. The van der Waals surface area contributed by atoms with Crippen LogP contribution >= 0.6 is 0 Å². The summed E-state index contributed by atoms with van der Waals surface area (Å²) >= 11 is 0. The molecule has 0 aliphatic carbocycles. The standard InChI is InChI=1S/C20H18N4O2/c1-13-7-8-24(12-13)15-5-3-14(4-6-15)9-18-22-17-11-21-19(26-2)10-16(17)20(25)23-18/h3-8,10-12H,9H2,1-2H3,(H,22,23,25). The minimum absolute atomic E-state index is 0.190. The van der Waals surface area contributed by atoms with Crippen molar-refractivity contribution < 1.29 is 4.74 Å². The molecule has 3 heterocycles. The third-order valence-corrected chi connectivity index (χ3v) is 4.27. The molecule has 6 nitrogen and oxygen atoms in total. The van der Waals surface area contributed by atoms with Crippen molar-refractivity contribution in [1.82, 2.24) is 19.5 Å². The number of aromatic nitrogens is 4. The lowest BCUT2D eigenvalue weighted by molar-refractivity contribution is 0.398. The fraction of sp³-hybridized carbons (Fsp3) is 0.150. The fourth-order valence-electron chi connectivity index (χ4n) is 2.91. The van der Waals surface area contributed by atoms with Crippen molar-refractivity contribution >= 4 is 10.9 Å². The second-order valence-corrected chi connectivity index (χ2v) is 6.20. The van der Waals surface area contributed by atoms with Gasteiger partial charge in [0.1, 0.15) is 5.82 Å². The molecule has 0 saturated carbocycles. The Hall–Kier alpha value is -3.41. The van der Waals surface area contributed by atoms with E-state index < -0.39 is 0 Å². The fourth-order valence-corrected chi connectivity index (χ4v) is 2.91. The minimum Gasteiger partial charge on any atom is -0.481 e. The summed E-state index contributed by atoms with van der Waals surface area (Å²) in [6.45, 7) is 2.07. The molecule has 6 heteroatoms. The van der Waals surface area contributed by atoms with Gasteiger partial charge in [-0.15, -0.1) is 0 Å². The first-order valence-electron chi connectivity index (χ1n) is 8.29. The van der Waals surface area contributed by atoms with Gasteiger partial charge in [0.25, 0.3) is 5.56 Å². The van der Waals surface area contributed by atoms with Crippen LogP contribution in [0.15, 0.2) is 59.8 Å². The van der Waals surface area contributed by atoms with Crippen LogP contribution in [0.4, 0.5) is 0 Å². The third-order valence-electron chi connectivity index (χ3n) is 4.27. The predicted molar refractivity (Wildman–Crippen MR) is 100 cm³/mol. The Morgan fingerprint density at radius 2 is 2.00 bits per heavy atom. The molecule has 4 aromatic rings. The van der Waals surface area contributed by atoms with Gasteiger partial charge in [0.05, 0.1) is 24.2 Å². The number of pyridine rings is 1. The molecular formula is C20H18N4O2. The van der Waals surface area contributed by atoms with Crippen LogP contribution in [0.25, 0.3) is 16.6 Å². The van der Waals surface area contributed by atoms with E-state index in [0.717, 1.165) is 11.3 Å². The molecule has 0 fully saturated rings. The van der Waals surface area contributed by atoms with Gasteiger partial charge in [-0.25, -0.2) is 9.97 Å². The number of aryl methyl sites for hydroxylation is 1. The Labute approximate surface area is 150 Å². The Kier molecular flexibility index (Phi) is 4.01. The molecule has 1 N–H and O–H groups in total. The molecule has 0 amide bonds. The monoisotopic (exact) mass is 346 g/mol. The van der Waals surface area contributed by atoms with Crippen molar-refractivity contribution in [1.29, 1.82) is 0 Å². The summed E-state index contributed by atoms with van der Waals surface area (Å²) in [6.07, 6.45) is 6.22. The zero-order valence-electron chi connectivity index (χ0n) is 14.6. The van der Waals surface area contributed by atoms with Crippen LogP contribution in [0, 0.1) is 6.92 Å². The van der Waals surface area contributed by atoms with Crippen LogP contribution in [0.1, 0.15) is 17.0 Å². The number of ether oxygens (including phenoxy) is 1. The van der Waals surface area contributed by atoms with Crippen LogP contribution < -0.4 is 10.3 Å². The molecular weight excluding hydrogens is 328 g/mol. The number of hydrogen-bond acceptors (Lipinski definition) is 4. The second kappa shape index (κ2) is 6.48. The van der Waals surface area contributed by atoms with E-state index >= 15 is 0 Å². The highest BCUT2D eigenvalue weighted by Gasteiger charge is 2.07. The van der Waals surface area contributed by atoms with Crippen molar-refractivity contribution in [2.24, 2.45) is 0 Å². The SMILES string of the molecule is COc1cc2c(=O)[nH]c(Cc3ccc(-n4ccc(C)c4)cc3)nc2cn1. The number of nitrogens with one attached hydrogen (secondary N) is 1. The number of methoxy groups -OCH3 is 1. The predicted octanol–water partition coefficient (Wildman–Crippen LogP) is 3.02. The number of aromatic amines is 1. The van der Waals surface area contributed by atoms with Crippen LogP contribution in [0.3, 0.4) is 0 Å². The van der Waals surface area contributed by atoms with Crippen LogP contribution in [0.5, 0.6) is 5.88 Å². The molecule has 0 aliphatic rings. The Morgan fingerprint density at radius 1 is 1.19 bits per heavy atom. The summed E-state index contributed by atoms with van der Waals surface area (Å²) in [4.78, 5) is 23.8. The van der Waals surface area contributed by atoms with E-state index in [-0.39, 0.29) is 5.56 Å². The van der Waals surface area contributed by atoms with Gasteiger partial charge in [0.2, 0.25) is 5.88 Å². The summed E-state index contributed by atoms with van der Waals surface area (Å²) in [6, 6.07) is 11.9. The van der Waals surface area contributed by atoms with Gasteiger partial charge < -0.3 is 14.3 Å². The largest absolute Gasteiger partial charge is 0.481 e. The van der Waals surface area contributed by atoms with Crippen molar-refractivity contribution in [2.75, 3.05) is 7.11 Å². The Morgan fingerprint density at radius 3 is 2.69 bits per heavy atom. The first-order chi connectivity index (χ1) is 12.6. The molecule has 0 saturated heterocycles. The van der Waals surface area contributed by atoms with E-state index in [2.05, 4.69) is 50.8 Å². The van der Waals surface area contributed by atoms with Gasteiger partial charge in [0, 0.05) is 30.6 Å². The summed E-state index contributed by atoms with van der Waals surface area (Å²) < 4.78 is 7.14. The zero-order chi connectivity index (χ0) is 18.1. The second-order valence-electron chi connectivity index (χ2n) is 6.20. The average Bonchev–Trinajstić information content (AvgIpc) is 3.08. The number of hydrogen-bond donors (Lipinski definition) is 1. The number of fused-ring (bicyclic) bond motifs is 1. The van der Waals surface area contributed by atoms with E-state index in [9.17, 15) is 4.79 Å². The molecule has 3 aromatic heterocycles. The first-order valence-corrected chi connectivity index (χ1v) is 8.29. The van der Waals surface area contributed by atoms with Crippen LogP contribution in [-0.4, -0.2) is 26.6 Å². The van der Waals surface area contributed by atoms with E-state index in [1.807, 2.05) is 18.3 Å². The first kappa shape index (κ1) is 16.1. The highest BCUT2D eigenvalue weighted by molar-refractivity contribution is 5.77. The van der Waals surface area contributed by atoms with Crippen molar-refractivity contribution in [3.63, 3.8) is 0 Å². The molecule has 1 aromatic carbocycles.